The van der Waals surface area contributed by atoms with Gasteiger partial charge in [-0.05, 0) is 45.3 Å². The Kier molecular flexibility index (Phi) is 2.87. The predicted octanol–water partition coefficient (Wildman–Crippen LogP) is 1.63. The summed E-state index contributed by atoms with van der Waals surface area (Å²) in [4.78, 5) is 10.2. The Morgan fingerprint density at radius 1 is 0.947 bits per heavy atom. The number of hydrogen-bond donors (Lipinski definition) is 0. The van der Waals surface area contributed by atoms with Crippen LogP contribution in [0, 0.1) is 0 Å². The van der Waals surface area contributed by atoms with Gasteiger partial charge in [0.2, 0.25) is 6.79 Å². The molecule has 1 aromatic carbocycles. The second-order valence-electron chi connectivity index (χ2n) is 5.81. The molecule has 2 aliphatic heterocycles. The summed E-state index contributed by atoms with van der Waals surface area (Å²) in [6.07, 6.45) is 0. The lowest BCUT2D eigenvalue weighted by Crippen LogP contribution is -2.41. The van der Waals surface area contributed by atoms with Gasteiger partial charge in [0.25, 0.3) is 0 Å². The van der Waals surface area contributed by atoms with Crippen molar-refractivity contribution < 1.29 is 19.0 Å². The molecule has 0 spiro atoms. The molecule has 0 N–H and O–H groups in total. The van der Waals surface area contributed by atoms with Crippen molar-refractivity contribution in [3.05, 3.63) is 24.3 Å². The highest BCUT2D eigenvalue weighted by molar-refractivity contribution is 6.62. The molecular formula is C13H18BNO4. The quantitative estimate of drug-likeness (QED) is 0.758. The SMILES string of the molecule is CC1(C)OB(c2ccc(N3OCO3)cc2)OC1(C)C. The van der Waals surface area contributed by atoms with Gasteiger partial charge in [-0.2, -0.15) is 0 Å². The first-order valence-corrected chi connectivity index (χ1v) is 6.41. The topological polar surface area (TPSA) is 40.2 Å². The standard InChI is InChI=1S/C13H18BNO4/c1-12(2)13(3,4)19-14(18-12)10-5-7-11(8-6-10)15-16-9-17-15/h5-8H,9H2,1-4H3. The first kappa shape index (κ1) is 12.9. The number of nitrogens with zero attached hydrogens (tertiary/aromatic N) is 1. The van der Waals surface area contributed by atoms with Crippen molar-refractivity contribution in [3.8, 4) is 0 Å². The molecule has 0 aliphatic carbocycles. The Labute approximate surface area is 113 Å². The molecule has 5 nitrogen and oxygen atoms in total. The van der Waals surface area contributed by atoms with E-state index >= 15 is 0 Å². The molecule has 2 heterocycles. The van der Waals surface area contributed by atoms with E-state index in [-0.39, 0.29) is 18.3 Å². The second kappa shape index (κ2) is 4.21. The van der Waals surface area contributed by atoms with Gasteiger partial charge in [-0.15, -0.1) is 5.23 Å². The van der Waals surface area contributed by atoms with E-state index in [1.807, 2.05) is 52.0 Å². The van der Waals surface area contributed by atoms with Gasteiger partial charge in [0.15, 0.2) is 0 Å². The third kappa shape index (κ3) is 2.14. The molecule has 19 heavy (non-hydrogen) atoms. The number of benzene rings is 1. The van der Waals surface area contributed by atoms with Crippen molar-refractivity contribution in [1.29, 1.82) is 0 Å². The van der Waals surface area contributed by atoms with Crippen molar-refractivity contribution in [1.82, 2.24) is 0 Å². The lowest BCUT2D eigenvalue weighted by molar-refractivity contribution is -0.277. The van der Waals surface area contributed by atoms with E-state index in [1.165, 1.54) is 5.23 Å². The largest absolute Gasteiger partial charge is 0.494 e. The molecule has 2 fully saturated rings. The van der Waals surface area contributed by atoms with Gasteiger partial charge in [0.1, 0.15) is 0 Å². The zero-order valence-electron chi connectivity index (χ0n) is 11.7. The molecule has 0 saturated carbocycles. The third-order valence-electron chi connectivity index (χ3n) is 3.97. The molecule has 0 amide bonds. The van der Waals surface area contributed by atoms with Crippen LogP contribution in [0.1, 0.15) is 27.7 Å². The number of hydrogen-bond acceptors (Lipinski definition) is 5. The van der Waals surface area contributed by atoms with E-state index in [1.54, 1.807) is 0 Å². The van der Waals surface area contributed by atoms with Crippen LogP contribution in [-0.2, 0) is 19.0 Å². The van der Waals surface area contributed by atoms with Crippen molar-refractivity contribution in [2.75, 3.05) is 12.0 Å². The normalized spacial score (nSPS) is 24.4. The summed E-state index contributed by atoms with van der Waals surface area (Å²) in [5.41, 5.74) is 1.20. The van der Waals surface area contributed by atoms with Crippen molar-refractivity contribution in [2.24, 2.45) is 0 Å². The van der Waals surface area contributed by atoms with Gasteiger partial charge in [-0.25, -0.2) is 9.68 Å². The molecule has 102 valence electrons. The average molecular weight is 263 g/mol. The Balaban J connectivity index is 1.76. The van der Waals surface area contributed by atoms with E-state index in [9.17, 15) is 0 Å². The molecule has 0 unspecified atom stereocenters. The first-order chi connectivity index (χ1) is 8.89. The smallest absolute Gasteiger partial charge is 0.399 e. The van der Waals surface area contributed by atoms with Gasteiger partial charge in [0.05, 0.1) is 16.9 Å². The molecule has 0 bridgehead atoms. The minimum atomic E-state index is -0.336. The van der Waals surface area contributed by atoms with Gasteiger partial charge in [-0.1, -0.05) is 12.1 Å². The summed E-state index contributed by atoms with van der Waals surface area (Å²) in [5.74, 6) is 0. The summed E-state index contributed by atoms with van der Waals surface area (Å²) in [5, 5.41) is 1.38. The van der Waals surface area contributed by atoms with Crippen molar-refractivity contribution >= 4 is 18.3 Å². The third-order valence-corrected chi connectivity index (χ3v) is 3.97. The summed E-state index contributed by atoms with van der Waals surface area (Å²) >= 11 is 0. The molecule has 0 aromatic heterocycles. The Bertz CT molecular complexity index is 454. The van der Waals surface area contributed by atoms with Crippen LogP contribution >= 0.6 is 0 Å². The summed E-state index contributed by atoms with van der Waals surface area (Å²) in [6, 6.07) is 7.75. The summed E-state index contributed by atoms with van der Waals surface area (Å²) in [6.45, 7) is 8.48. The van der Waals surface area contributed by atoms with Gasteiger partial charge in [-0.3, -0.25) is 0 Å². The van der Waals surface area contributed by atoms with E-state index in [2.05, 4.69) is 0 Å². The highest BCUT2D eigenvalue weighted by Crippen LogP contribution is 2.36. The van der Waals surface area contributed by atoms with Crippen LogP contribution < -0.4 is 10.7 Å². The maximum Gasteiger partial charge on any atom is 0.494 e. The summed E-state index contributed by atoms with van der Waals surface area (Å²) < 4.78 is 12.0. The summed E-state index contributed by atoms with van der Waals surface area (Å²) in [7, 11) is -0.336. The predicted molar refractivity (Wildman–Crippen MR) is 71.7 cm³/mol. The van der Waals surface area contributed by atoms with Crippen LogP contribution in [-0.4, -0.2) is 25.1 Å². The fourth-order valence-electron chi connectivity index (χ4n) is 1.99. The molecule has 2 aliphatic rings. The minimum Gasteiger partial charge on any atom is -0.399 e. The molecule has 0 radical (unpaired) electrons. The zero-order valence-corrected chi connectivity index (χ0v) is 11.7. The van der Waals surface area contributed by atoms with Crippen molar-refractivity contribution in [2.45, 2.75) is 38.9 Å². The first-order valence-electron chi connectivity index (χ1n) is 6.41. The molecule has 3 rings (SSSR count). The second-order valence-corrected chi connectivity index (χ2v) is 5.81. The number of anilines is 1. The molecule has 2 saturated heterocycles. The van der Waals surface area contributed by atoms with Crippen LogP contribution in [0.2, 0.25) is 0 Å². The van der Waals surface area contributed by atoms with E-state index < -0.39 is 0 Å². The van der Waals surface area contributed by atoms with Crippen molar-refractivity contribution in [3.63, 3.8) is 0 Å². The van der Waals surface area contributed by atoms with Crippen LogP contribution in [0.3, 0.4) is 0 Å². The van der Waals surface area contributed by atoms with E-state index in [0.29, 0.717) is 6.79 Å². The Hall–Kier alpha value is -1.08. The van der Waals surface area contributed by atoms with Crippen LogP contribution in [0.15, 0.2) is 24.3 Å². The van der Waals surface area contributed by atoms with Crippen LogP contribution in [0.4, 0.5) is 5.69 Å². The molecule has 6 heteroatoms. The minimum absolute atomic E-state index is 0.305. The zero-order chi connectivity index (χ0) is 13.7. The Morgan fingerprint density at radius 3 is 1.89 bits per heavy atom. The molecular weight excluding hydrogens is 245 g/mol. The maximum absolute atomic E-state index is 5.99. The van der Waals surface area contributed by atoms with Gasteiger partial charge < -0.3 is 9.31 Å². The molecule has 1 aromatic rings. The highest BCUT2D eigenvalue weighted by atomic mass is 17.1. The van der Waals surface area contributed by atoms with E-state index in [0.717, 1.165) is 11.2 Å². The van der Waals surface area contributed by atoms with Crippen LogP contribution in [0.5, 0.6) is 0 Å². The van der Waals surface area contributed by atoms with E-state index in [4.69, 9.17) is 19.0 Å². The van der Waals surface area contributed by atoms with Gasteiger partial charge >= 0.3 is 7.12 Å². The maximum atomic E-state index is 5.99. The number of rotatable bonds is 2. The molecule has 0 atom stereocenters. The van der Waals surface area contributed by atoms with Gasteiger partial charge in [0, 0.05) is 0 Å². The average Bonchev–Trinajstić information content (AvgIpc) is 2.47. The Morgan fingerprint density at radius 2 is 1.47 bits per heavy atom. The highest BCUT2D eigenvalue weighted by Gasteiger charge is 2.51. The fraction of sp³-hybridized carbons (Fsp3) is 0.538. The fourth-order valence-corrected chi connectivity index (χ4v) is 1.99. The lowest BCUT2D eigenvalue weighted by Gasteiger charge is -2.32. The van der Waals surface area contributed by atoms with Crippen LogP contribution in [0.25, 0.3) is 0 Å². The monoisotopic (exact) mass is 263 g/mol. The lowest BCUT2D eigenvalue weighted by atomic mass is 9.79.